The zero-order valence-electron chi connectivity index (χ0n) is 12.6. The molecule has 122 valence electrons. The zero-order valence-corrected chi connectivity index (χ0v) is 15.1. The number of hydrogen-bond acceptors (Lipinski definition) is 6. The van der Waals surface area contributed by atoms with Crippen LogP contribution in [0.25, 0.3) is 0 Å². The summed E-state index contributed by atoms with van der Waals surface area (Å²) >= 11 is 0. The van der Waals surface area contributed by atoms with Crippen LogP contribution in [-0.2, 0) is 19.0 Å². The summed E-state index contributed by atoms with van der Waals surface area (Å²) in [5.41, 5.74) is 0. The van der Waals surface area contributed by atoms with Crippen LogP contribution in [0.1, 0.15) is 26.2 Å². The first-order valence-corrected chi connectivity index (χ1v) is 11.1. The molecule has 8 heteroatoms. The minimum Gasteiger partial charge on any atom is -0.272 e. The van der Waals surface area contributed by atoms with Crippen molar-refractivity contribution in [3.8, 4) is 0 Å². The van der Waals surface area contributed by atoms with E-state index < -0.39 is 7.80 Å². The van der Waals surface area contributed by atoms with Crippen molar-refractivity contribution in [1.29, 1.82) is 0 Å². The van der Waals surface area contributed by atoms with Crippen molar-refractivity contribution >= 4 is 41.2 Å². The van der Waals surface area contributed by atoms with Gasteiger partial charge in [0.05, 0.1) is 6.61 Å². The fourth-order valence-electron chi connectivity index (χ4n) is 1.62. The summed E-state index contributed by atoms with van der Waals surface area (Å²) in [5.74, 6) is 0.270. The molecule has 1 saturated heterocycles. The summed E-state index contributed by atoms with van der Waals surface area (Å²) in [4.78, 5) is 27.7. The van der Waals surface area contributed by atoms with E-state index >= 15 is 0 Å². The third-order valence-corrected chi connectivity index (χ3v) is 6.56. The van der Waals surface area contributed by atoms with E-state index in [1.54, 1.807) is 21.6 Å². The maximum Gasteiger partial charge on any atom is 0.339 e. The van der Waals surface area contributed by atoms with Crippen LogP contribution in [0.3, 0.4) is 0 Å². The molecule has 0 bridgehead atoms. The molecule has 1 unspecified atom stereocenters. The highest BCUT2D eigenvalue weighted by Gasteiger charge is 2.30. The predicted octanol–water partition coefficient (Wildman–Crippen LogP) is 3.76. The lowest BCUT2D eigenvalue weighted by molar-refractivity contribution is -0.187. The van der Waals surface area contributed by atoms with E-state index in [4.69, 9.17) is 4.84 Å². The van der Waals surface area contributed by atoms with E-state index in [1.165, 1.54) is 0 Å². The largest absolute Gasteiger partial charge is 0.339 e. The van der Waals surface area contributed by atoms with Gasteiger partial charge in [-0.2, -0.15) is 5.06 Å². The number of hydroxylamine groups is 2. The topological polar surface area (TPSA) is 63.7 Å². The molecule has 1 rings (SSSR count). The van der Waals surface area contributed by atoms with Gasteiger partial charge in [0, 0.05) is 25.0 Å². The van der Waals surface area contributed by atoms with Crippen LogP contribution in [0.5, 0.6) is 0 Å². The highest BCUT2D eigenvalue weighted by atomic mass is 33.1. The molecule has 0 spiro atoms. The Kier molecular flexibility index (Phi) is 10.5. The van der Waals surface area contributed by atoms with Crippen LogP contribution in [0, 0.1) is 0 Å². The second kappa shape index (κ2) is 11.9. The van der Waals surface area contributed by atoms with Crippen LogP contribution in [0.15, 0.2) is 23.6 Å². The molecule has 5 nitrogen and oxygen atoms in total. The first-order valence-electron chi connectivity index (χ1n) is 7.12. The molecule has 0 aromatic carbocycles. The molecule has 22 heavy (non-hydrogen) atoms. The predicted molar refractivity (Wildman–Crippen MR) is 93.0 cm³/mol. The summed E-state index contributed by atoms with van der Waals surface area (Å²) in [7, 11) is 2.06. The van der Waals surface area contributed by atoms with Crippen LogP contribution < -0.4 is 0 Å². The van der Waals surface area contributed by atoms with Gasteiger partial charge in [0.1, 0.15) is 6.16 Å². The molecular weight excluding hydrogens is 341 g/mol. The van der Waals surface area contributed by atoms with Gasteiger partial charge in [-0.15, -0.1) is 0 Å². The summed E-state index contributed by atoms with van der Waals surface area (Å²) < 4.78 is 11.8. The average Bonchev–Trinajstić information content (AvgIpc) is 2.82. The van der Waals surface area contributed by atoms with E-state index in [9.17, 15) is 14.2 Å². The number of carbonyl (C=O) groups is 2. The second-order valence-corrected chi connectivity index (χ2v) is 8.72. The van der Waals surface area contributed by atoms with E-state index in [0.717, 1.165) is 10.8 Å². The van der Waals surface area contributed by atoms with Gasteiger partial charge < -0.3 is 0 Å². The van der Waals surface area contributed by atoms with Crippen LogP contribution in [0.4, 0.5) is 0 Å². The van der Waals surface area contributed by atoms with Gasteiger partial charge in [0.2, 0.25) is 0 Å². The molecule has 0 saturated carbocycles. The van der Waals surface area contributed by atoms with E-state index in [-0.39, 0.29) is 31.3 Å². The Morgan fingerprint density at radius 3 is 2.64 bits per heavy atom. The van der Waals surface area contributed by atoms with Gasteiger partial charge in [0.15, 0.2) is 6.16 Å². The lowest BCUT2D eigenvalue weighted by atomic mass is 10.4. The monoisotopic (exact) mass is 362 g/mol. The number of hydrogen-bond donors (Lipinski definition) is 0. The van der Waals surface area contributed by atoms with Gasteiger partial charge in [-0.25, -0.2) is 0 Å². The molecule has 1 aliphatic heterocycles. The van der Waals surface area contributed by atoms with Gasteiger partial charge >= 0.3 is 7.80 Å². The highest BCUT2D eigenvalue weighted by molar-refractivity contribution is 8.77. The average molecular weight is 362 g/mol. The zero-order chi connectivity index (χ0) is 16.2. The molecule has 1 atom stereocenters. The summed E-state index contributed by atoms with van der Waals surface area (Å²) in [5, 5.41) is 2.84. The van der Waals surface area contributed by atoms with E-state index in [1.807, 2.05) is 30.6 Å². The molecule has 0 aromatic heterocycles. The molecule has 0 aliphatic carbocycles. The fraction of sp³-hybridized carbons (Fsp3) is 0.571. The Morgan fingerprint density at radius 2 is 1.95 bits per heavy atom. The third kappa shape index (κ3) is 8.13. The number of amides is 2. The SMILES string of the molecule is C/C=C\C=C\SSCC[P+](=O)CCCON1C(=O)CCC1=O. The van der Waals surface area contributed by atoms with Crippen molar-refractivity contribution in [2.45, 2.75) is 26.2 Å². The standard InChI is InChI=1S/C14H21NO4PS2/c1-2-3-4-11-21-22-12-10-20(18)9-5-8-19-15-13(16)6-7-14(15)17/h2-4,11H,5-10,12H2,1H3/q+1/b3-2-,11-4+. The van der Waals surface area contributed by atoms with Gasteiger partial charge in [-0.1, -0.05) is 44.4 Å². The maximum absolute atomic E-state index is 11.8. The number of rotatable bonds is 11. The minimum absolute atomic E-state index is 0.227. The fourth-order valence-corrected chi connectivity index (χ4v) is 5.16. The molecule has 1 fully saturated rings. The Bertz CT molecular complexity index is 438. The lowest BCUT2D eigenvalue weighted by Gasteiger charge is -2.11. The third-order valence-electron chi connectivity index (χ3n) is 2.71. The van der Waals surface area contributed by atoms with E-state index in [2.05, 4.69) is 0 Å². The highest BCUT2D eigenvalue weighted by Crippen LogP contribution is 2.28. The first kappa shape index (κ1) is 19.4. The Morgan fingerprint density at radius 1 is 1.23 bits per heavy atom. The number of imide groups is 1. The lowest BCUT2D eigenvalue weighted by Crippen LogP contribution is -2.29. The van der Waals surface area contributed by atoms with Crippen molar-refractivity contribution in [3.63, 3.8) is 0 Å². The van der Waals surface area contributed by atoms with Crippen molar-refractivity contribution in [1.82, 2.24) is 5.06 Å². The Balaban J connectivity index is 1.99. The van der Waals surface area contributed by atoms with Crippen LogP contribution in [-0.4, -0.2) is 41.6 Å². The van der Waals surface area contributed by atoms with E-state index in [0.29, 0.717) is 18.7 Å². The maximum atomic E-state index is 11.8. The van der Waals surface area contributed by atoms with Crippen molar-refractivity contribution in [3.05, 3.63) is 23.6 Å². The molecule has 1 heterocycles. The van der Waals surface area contributed by atoms with Gasteiger partial charge in [-0.05, 0) is 12.3 Å². The van der Waals surface area contributed by atoms with Crippen LogP contribution in [0.2, 0.25) is 0 Å². The quantitative estimate of drug-likeness (QED) is 0.183. The summed E-state index contributed by atoms with van der Waals surface area (Å²) in [6.07, 6.45) is 8.17. The van der Waals surface area contributed by atoms with Crippen molar-refractivity contribution in [2.24, 2.45) is 0 Å². The Hall–Kier alpha value is -0.620. The van der Waals surface area contributed by atoms with Crippen LogP contribution >= 0.6 is 29.4 Å². The number of nitrogens with zero attached hydrogens (tertiary/aromatic N) is 1. The first-order chi connectivity index (χ1) is 10.6. The molecule has 0 N–H and O–H groups in total. The molecular formula is C14H21NO4PS2+. The minimum atomic E-state index is -1.24. The smallest absolute Gasteiger partial charge is 0.272 e. The normalized spacial score (nSPS) is 16.4. The molecule has 0 aromatic rings. The Labute approximate surface area is 140 Å². The summed E-state index contributed by atoms with van der Waals surface area (Å²) in [6.45, 7) is 2.22. The second-order valence-electron chi connectivity index (χ2n) is 4.47. The molecule has 0 radical (unpaired) electrons. The van der Waals surface area contributed by atoms with Gasteiger partial charge in [-0.3, -0.25) is 14.4 Å². The van der Waals surface area contributed by atoms with Crippen molar-refractivity contribution < 1.29 is 19.0 Å². The molecule has 1 aliphatic rings. The van der Waals surface area contributed by atoms with Crippen molar-refractivity contribution in [2.75, 3.05) is 24.7 Å². The molecule has 2 amide bonds. The number of allylic oxidation sites excluding steroid dienone is 3. The summed E-state index contributed by atoms with van der Waals surface area (Å²) in [6, 6.07) is 0. The van der Waals surface area contributed by atoms with Gasteiger partial charge in [0.25, 0.3) is 11.8 Å². The number of carbonyl (C=O) groups excluding carboxylic acids is 2.